The van der Waals surface area contributed by atoms with Gasteiger partial charge in [-0.3, -0.25) is 9.78 Å². The van der Waals surface area contributed by atoms with E-state index in [1.54, 1.807) is 30.6 Å². The van der Waals surface area contributed by atoms with Crippen LogP contribution in [0.2, 0.25) is 0 Å². The second-order valence-corrected chi connectivity index (χ2v) is 6.47. The average Bonchev–Trinajstić information content (AvgIpc) is 2.67. The van der Waals surface area contributed by atoms with Crippen LogP contribution in [0, 0.1) is 19.7 Å². The van der Waals surface area contributed by atoms with Crippen molar-refractivity contribution < 1.29 is 9.18 Å². The number of anilines is 2. The maximum absolute atomic E-state index is 12.9. The quantitative estimate of drug-likeness (QED) is 0.665. The summed E-state index contributed by atoms with van der Waals surface area (Å²) in [5.41, 5.74) is 5.28. The van der Waals surface area contributed by atoms with Crippen molar-refractivity contribution in [3.05, 3.63) is 89.0 Å². The second kappa shape index (κ2) is 8.45. The molecule has 0 saturated heterocycles. The fourth-order valence-corrected chi connectivity index (χ4v) is 2.74. The Labute approximate surface area is 158 Å². The van der Waals surface area contributed by atoms with Gasteiger partial charge in [0.15, 0.2) is 0 Å². The van der Waals surface area contributed by atoms with Crippen LogP contribution in [0.4, 0.5) is 15.8 Å². The summed E-state index contributed by atoms with van der Waals surface area (Å²) in [6.07, 6.45) is 3.98. The van der Waals surface area contributed by atoms with E-state index in [1.807, 2.05) is 32.0 Å². The molecule has 3 aromatic rings. The molecule has 1 heterocycles. The number of pyridine rings is 1. The average molecular weight is 363 g/mol. The van der Waals surface area contributed by atoms with Crippen LogP contribution in [0.25, 0.3) is 0 Å². The predicted octanol–water partition coefficient (Wildman–Crippen LogP) is 4.74. The summed E-state index contributed by atoms with van der Waals surface area (Å²) in [7, 11) is 0. The van der Waals surface area contributed by atoms with E-state index in [9.17, 15) is 9.18 Å². The van der Waals surface area contributed by atoms with Gasteiger partial charge in [0.25, 0.3) is 5.91 Å². The number of carbonyl (C=O) groups excluding carboxylic acids is 1. The number of nitrogens with one attached hydrogen (secondary N) is 2. The highest BCUT2D eigenvalue weighted by molar-refractivity contribution is 6.05. The van der Waals surface area contributed by atoms with Crippen LogP contribution in [0.5, 0.6) is 0 Å². The van der Waals surface area contributed by atoms with Gasteiger partial charge in [0.1, 0.15) is 5.82 Å². The zero-order valence-electron chi connectivity index (χ0n) is 15.4. The number of halogens is 1. The summed E-state index contributed by atoms with van der Waals surface area (Å²) < 4.78 is 12.9. The van der Waals surface area contributed by atoms with E-state index >= 15 is 0 Å². The Kier molecular flexibility index (Phi) is 5.81. The number of carbonyl (C=O) groups is 1. The van der Waals surface area contributed by atoms with E-state index in [1.165, 1.54) is 12.1 Å². The van der Waals surface area contributed by atoms with Gasteiger partial charge in [0, 0.05) is 24.6 Å². The van der Waals surface area contributed by atoms with Gasteiger partial charge in [-0.15, -0.1) is 0 Å². The van der Waals surface area contributed by atoms with Gasteiger partial charge < -0.3 is 10.6 Å². The van der Waals surface area contributed by atoms with Crippen molar-refractivity contribution in [2.24, 2.45) is 0 Å². The summed E-state index contributed by atoms with van der Waals surface area (Å²) in [5, 5.41) is 6.19. The maximum Gasteiger partial charge on any atom is 0.257 e. The number of aryl methyl sites for hydroxylation is 1. The minimum atomic E-state index is -0.238. The highest BCUT2D eigenvalue weighted by Crippen LogP contribution is 2.19. The van der Waals surface area contributed by atoms with E-state index in [-0.39, 0.29) is 11.7 Å². The molecule has 4 nitrogen and oxygen atoms in total. The summed E-state index contributed by atoms with van der Waals surface area (Å²) in [5.74, 6) is -0.433. The molecule has 0 atom stereocenters. The smallest absolute Gasteiger partial charge is 0.257 e. The Hall–Kier alpha value is -3.21. The lowest BCUT2D eigenvalue weighted by molar-refractivity contribution is 0.102. The third-order valence-electron chi connectivity index (χ3n) is 4.51. The van der Waals surface area contributed by atoms with Gasteiger partial charge in [0.05, 0.1) is 11.3 Å². The van der Waals surface area contributed by atoms with Gasteiger partial charge in [-0.1, -0.05) is 24.3 Å². The van der Waals surface area contributed by atoms with Gasteiger partial charge in [-0.2, -0.15) is 0 Å². The van der Waals surface area contributed by atoms with Crippen LogP contribution in [0.1, 0.15) is 27.0 Å². The largest absolute Gasteiger partial charge is 0.383 e. The first-order valence-corrected chi connectivity index (χ1v) is 8.84. The minimum Gasteiger partial charge on any atom is -0.383 e. The molecule has 27 heavy (non-hydrogen) atoms. The number of rotatable bonds is 6. The summed E-state index contributed by atoms with van der Waals surface area (Å²) >= 11 is 0. The molecule has 0 aliphatic carbocycles. The van der Waals surface area contributed by atoms with Crippen molar-refractivity contribution >= 4 is 17.3 Å². The molecule has 0 aliphatic heterocycles. The van der Waals surface area contributed by atoms with E-state index in [0.717, 1.165) is 34.5 Å². The summed E-state index contributed by atoms with van der Waals surface area (Å²) in [6.45, 7) is 4.66. The molecule has 0 radical (unpaired) electrons. The van der Waals surface area contributed by atoms with E-state index in [4.69, 9.17) is 0 Å². The SMILES string of the molecule is Cc1cccc(NC(=O)c2cncc(NCCc3ccc(F)cc3)c2)c1C. The summed E-state index contributed by atoms with van der Waals surface area (Å²) in [4.78, 5) is 16.7. The normalized spacial score (nSPS) is 10.5. The number of aromatic nitrogens is 1. The van der Waals surface area contributed by atoms with E-state index in [2.05, 4.69) is 15.6 Å². The van der Waals surface area contributed by atoms with Gasteiger partial charge in [-0.05, 0) is 61.2 Å². The third-order valence-corrected chi connectivity index (χ3v) is 4.51. The number of benzene rings is 2. The van der Waals surface area contributed by atoms with E-state index < -0.39 is 0 Å². The highest BCUT2D eigenvalue weighted by Gasteiger charge is 2.10. The standard InChI is InChI=1S/C22H22FN3O/c1-15-4-3-5-21(16(15)2)26-22(27)18-12-20(14-24-13-18)25-11-10-17-6-8-19(23)9-7-17/h3-9,12-14,25H,10-11H2,1-2H3,(H,26,27). The minimum absolute atomic E-state index is 0.196. The van der Waals surface area contributed by atoms with Crippen molar-refractivity contribution in [1.82, 2.24) is 4.98 Å². The molecule has 0 saturated carbocycles. The lowest BCUT2D eigenvalue weighted by atomic mass is 10.1. The Bertz CT molecular complexity index is 939. The lowest BCUT2D eigenvalue weighted by Gasteiger charge is -2.11. The first-order valence-electron chi connectivity index (χ1n) is 8.84. The highest BCUT2D eigenvalue weighted by atomic mass is 19.1. The number of nitrogens with zero attached hydrogens (tertiary/aromatic N) is 1. The molecule has 0 spiro atoms. The van der Waals surface area contributed by atoms with Crippen molar-refractivity contribution in [1.29, 1.82) is 0 Å². The Morgan fingerprint density at radius 1 is 1.07 bits per heavy atom. The molecular weight excluding hydrogens is 341 g/mol. The van der Waals surface area contributed by atoms with Crippen LogP contribution in [0.15, 0.2) is 60.9 Å². The molecule has 1 amide bonds. The van der Waals surface area contributed by atoms with Crippen molar-refractivity contribution in [2.75, 3.05) is 17.2 Å². The van der Waals surface area contributed by atoms with Crippen LogP contribution in [-0.4, -0.2) is 17.4 Å². The first-order chi connectivity index (χ1) is 13.0. The molecule has 0 bridgehead atoms. The zero-order valence-corrected chi connectivity index (χ0v) is 15.4. The van der Waals surface area contributed by atoms with Gasteiger partial charge in [-0.25, -0.2) is 4.39 Å². The van der Waals surface area contributed by atoms with Gasteiger partial charge >= 0.3 is 0 Å². The third kappa shape index (κ3) is 4.91. The molecule has 3 rings (SSSR count). The second-order valence-electron chi connectivity index (χ2n) is 6.47. The molecule has 0 fully saturated rings. The molecule has 138 valence electrons. The first kappa shape index (κ1) is 18.6. The van der Waals surface area contributed by atoms with Crippen LogP contribution >= 0.6 is 0 Å². The molecule has 5 heteroatoms. The van der Waals surface area contributed by atoms with Crippen molar-refractivity contribution in [3.8, 4) is 0 Å². The molecule has 2 aromatic carbocycles. The van der Waals surface area contributed by atoms with Gasteiger partial charge in [0.2, 0.25) is 0 Å². The molecular formula is C22H22FN3O. The van der Waals surface area contributed by atoms with Crippen LogP contribution < -0.4 is 10.6 Å². The summed E-state index contributed by atoms with van der Waals surface area (Å²) in [6, 6.07) is 14.0. The number of hydrogen-bond acceptors (Lipinski definition) is 3. The maximum atomic E-state index is 12.9. The monoisotopic (exact) mass is 363 g/mol. The van der Waals surface area contributed by atoms with E-state index in [0.29, 0.717) is 12.1 Å². The van der Waals surface area contributed by atoms with Crippen LogP contribution in [-0.2, 0) is 6.42 Å². The molecule has 2 N–H and O–H groups in total. The topological polar surface area (TPSA) is 54.0 Å². The number of hydrogen-bond donors (Lipinski definition) is 2. The van der Waals surface area contributed by atoms with Crippen LogP contribution in [0.3, 0.4) is 0 Å². The van der Waals surface area contributed by atoms with Crippen molar-refractivity contribution in [2.45, 2.75) is 20.3 Å². The fraction of sp³-hybridized carbons (Fsp3) is 0.182. The predicted molar refractivity (Wildman–Crippen MR) is 107 cm³/mol. The zero-order chi connectivity index (χ0) is 19.2. The Morgan fingerprint density at radius 2 is 1.85 bits per heavy atom. The number of amides is 1. The Morgan fingerprint density at radius 3 is 2.63 bits per heavy atom. The lowest BCUT2D eigenvalue weighted by Crippen LogP contribution is -2.14. The molecule has 0 aliphatic rings. The van der Waals surface area contributed by atoms with Crippen molar-refractivity contribution in [3.63, 3.8) is 0 Å². The molecule has 0 unspecified atom stereocenters. The molecule has 1 aromatic heterocycles. The Balaban J connectivity index is 1.61. The fourth-order valence-electron chi connectivity index (χ4n) is 2.74.